The third kappa shape index (κ3) is 8.31. The molecule has 2 aromatic carbocycles. The molecule has 3 aromatic rings. The highest BCUT2D eigenvalue weighted by Crippen LogP contribution is 2.30. The van der Waals surface area contributed by atoms with E-state index in [1.165, 1.54) is 5.69 Å². The number of rotatable bonds is 14. The average Bonchev–Trinajstić information content (AvgIpc) is 3.41. The lowest BCUT2D eigenvalue weighted by Crippen LogP contribution is -2.47. The number of likely N-dealkylation sites (tertiary alicyclic amines) is 1. The van der Waals surface area contributed by atoms with Gasteiger partial charge in [0.1, 0.15) is 23.7 Å². The van der Waals surface area contributed by atoms with Crippen LogP contribution in [0.1, 0.15) is 55.1 Å². The molecule has 234 valence electrons. The fraction of sp³-hybridized carbons (Fsp3) is 0.571. The first kappa shape index (κ1) is 31.4. The van der Waals surface area contributed by atoms with Crippen LogP contribution in [0.5, 0.6) is 5.75 Å². The van der Waals surface area contributed by atoms with Crippen molar-refractivity contribution in [2.75, 3.05) is 84.6 Å². The van der Waals surface area contributed by atoms with Crippen molar-refractivity contribution in [3.63, 3.8) is 0 Å². The van der Waals surface area contributed by atoms with E-state index in [0.717, 1.165) is 126 Å². The van der Waals surface area contributed by atoms with Crippen LogP contribution in [-0.2, 0) is 11.2 Å². The predicted octanol–water partition coefficient (Wildman–Crippen LogP) is 5.55. The summed E-state index contributed by atoms with van der Waals surface area (Å²) in [5.74, 6) is 1.93. The number of anilines is 1. The van der Waals surface area contributed by atoms with E-state index >= 15 is 0 Å². The van der Waals surface area contributed by atoms with E-state index in [1.54, 1.807) is 0 Å². The Kier molecular flexibility index (Phi) is 11.4. The number of likely N-dealkylation sites (N-methyl/N-ethyl adjacent to an activating group) is 1. The zero-order valence-corrected chi connectivity index (χ0v) is 26.4. The molecule has 0 radical (unpaired) electrons. The number of aryl methyl sites for hydroxylation is 1. The molecule has 8 nitrogen and oxygen atoms in total. The summed E-state index contributed by atoms with van der Waals surface area (Å²) in [5.41, 5.74) is 2.78. The molecule has 8 heteroatoms. The Balaban J connectivity index is 1.01. The van der Waals surface area contributed by atoms with Crippen molar-refractivity contribution in [1.82, 2.24) is 14.7 Å². The predicted molar refractivity (Wildman–Crippen MR) is 173 cm³/mol. The Morgan fingerprint density at radius 2 is 1.67 bits per heavy atom. The molecule has 0 N–H and O–H groups in total. The molecule has 1 amide bonds. The number of ether oxygens (including phenoxy) is 2. The third-order valence-electron chi connectivity index (χ3n) is 8.72. The fourth-order valence-electron chi connectivity index (χ4n) is 6.16. The Morgan fingerprint density at radius 3 is 2.44 bits per heavy atom. The Labute approximate surface area is 257 Å². The van der Waals surface area contributed by atoms with E-state index in [2.05, 4.69) is 60.0 Å². The summed E-state index contributed by atoms with van der Waals surface area (Å²) in [6.07, 6.45) is 5.94. The minimum Gasteiger partial charge on any atom is -0.490 e. The van der Waals surface area contributed by atoms with Crippen LogP contribution in [0.3, 0.4) is 0 Å². The molecule has 2 aliphatic rings. The number of carbonyl (C=O) groups is 1. The lowest BCUT2D eigenvalue weighted by Gasteiger charge is -2.37. The molecule has 3 heterocycles. The molecule has 0 aliphatic carbocycles. The van der Waals surface area contributed by atoms with Crippen molar-refractivity contribution in [2.24, 2.45) is 0 Å². The highest BCUT2D eigenvalue weighted by molar-refractivity contribution is 6.07. The normalized spacial score (nSPS) is 16.8. The number of nitrogens with zero attached hydrogens (tertiary/aromatic N) is 4. The molecule has 0 saturated carbocycles. The molecule has 2 saturated heterocycles. The molecule has 2 aliphatic heterocycles. The van der Waals surface area contributed by atoms with E-state index in [4.69, 9.17) is 13.9 Å². The Hall–Kier alpha value is -3.07. The molecule has 5 rings (SSSR count). The van der Waals surface area contributed by atoms with Crippen LogP contribution in [-0.4, -0.2) is 106 Å². The highest BCUT2D eigenvalue weighted by Gasteiger charge is 2.29. The minimum absolute atomic E-state index is 0.108. The SMILES string of the molecule is CCCCc1oc2ccccc2c1C(=O)N1CCC(OCCCN2CCN(c3ccccc3OCCN(C)C)CC2)CC1. The van der Waals surface area contributed by atoms with Gasteiger partial charge in [0.2, 0.25) is 0 Å². The molecular weight excluding hydrogens is 540 g/mol. The van der Waals surface area contributed by atoms with Gasteiger partial charge in [-0.3, -0.25) is 9.69 Å². The van der Waals surface area contributed by atoms with Crippen molar-refractivity contribution in [3.8, 4) is 5.75 Å². The van der Waals surface area contributed by atoms with Crippen LogP contribution in [0.4, 0.5) is 5.69 Å². The minimum atomic E-state index is 0.108. The number of piperazine rings is 1. The monoisotopic (exact) mass is 590 g/mol. The molecule has 2 fully saturated rings. The first-order valence-corrected chi connectivity index (χ1v) is 16.3. The first-order valence-electron chi connectivity index (χ1n) is 16.3. The highest BCUT2D eigenvalue weighted by atomic mass is 16.5. The maximum Gasteiger partial charge on any atom is 0.258 e. The maximum absolute atomic E-state index is 13.6. The van der Waals surface area contributed by atoms with Gasteiger partial charge in [-0.2, -0.15) is 0 Å². The van der Waals surface area contributed by atoms with E-state index in [1.807, 2.05) is 29.2 Å². The van der Waals surface area contributed by atoms with Gasteiger partial charge in [0.25, 0.3) is 5.91 Å². The van der Waals surface area contributed by atoms with Crippen molar-refractivity contribution in [2.45, 2.75) is 51.6 Å². The molecular formula is C35H50N4O4. The van der Waals surface area contributed by atoms with E-state index in [-0.39, 0.29) is 12.0 Å². The Morgan fingerprint density at radius 1 is 0.930 bits per heavy atom. The number of hydrogen-bond acceptors (Lipinski definition) is 7. The van der Waals surface area contributed by atoms with Gasteiger partial charge in [-0.05, 0) is 58.0 Å². The van der Waals surface area contributed by atoms with Crippen LogP contribution in [0.15, 0.2) is 52.9 Å². The van der Waals surface area contributed by atoms with Crippen LogP contribution >= 0.6 is 0 Å². The number of amides is 1. The lowest BCUT2D eigenvalue weighted by atomic mass is 10.0. The number of unbranched alkanes of at least 4 members (excludes halogenated alkanes) is 1. The molecule has 0 atom stereocenters. The van der Waals surface area contributed by atoms with Gasteiger partial charge in [-0.1, -0.05) is 43.7 Å². The van der Waals surface area contributed by atoms with Gasteiger partial charge in [0.05, 0.1) is 17.4 Å². The second-order valence-electron chi connectivity index (χ2n) is 12.2. The number of para-hydroxylation sites is 3. The summed E-state index contributed by atoms with van der Waals surface area (Å²) in [7, 11) is 4.14. The zero-order valence-electron chi connectivity index (χ0n) is 26.4. The van der Waals surface area contributed by atoms with E-state index in [0.29, 0.717) is 6.61 Å². The van der Waals surface area contributed by atoms with Gasteiger partial charge in [0.15, 0.2) is 0 Å². The van der Waals surface area contributed by atoms with Crippen molar-refractivity contribution in [1.29, 1.82) is 0 Å². The van der Waals surface area contributed by atoms with Gasteiger partial charge in [-0.25, -0.2) is 0 Å². The standard InChI is InChI=1S/C35H50N4O4/c1-4-5-13-33-34(29-11-6-8-14-31(29)43-33)35(40)39-19-16-28(17-20-39)41-26-10-18-37-21-23-38(24-22-37)30-12-7-9-15-32(30)42-27-25-36(2)3/h6-9,11-12,14-15,28H,4-5,10,13,16-27H2,1-3H3. The van der Waals surface area contributed by atoms with Gasteiger partial charge >= 0.3 is 0 Å². The Bertz CT molecular complexity index is 1290. The second kappa shape index (κ2) is 15.6. The second-order valence-corrected chi connectivity index (χ2v) is 12.2. The summed E-state index contributed by atoms with van der Waals surface area (Å²) in [5, 5.41) is 0.940. The smallest absolute Gasteiger partial charge is 0.258 e. The molecule has 43 heavy (non-hydrogen) atoms. The molecule has 1 aromatic heterocycles. The van der Waals surface area contributed by atoms with E-state index in [9.17, 15) is 4.79 Å². The number of carbonyl (C=O) groups excluding carboxylic acids is 1. The van der Waals surface area contributed by atoms with Gasteiger partial charge in [0, 0.05) is 70.8 Å². The zero-order chi connectivity index (χ0) is 30.0. The molecule has 0 unspecified atom stereocenters. The average molecular weight is 591 g/mol. The van der Waals surface area contributed by atoms with Crippen molar-refractivity contribution >= 4 is 22.6 Å². The summed E-state index contributed by atoms with van der Waals surface area (Å²) in [6.45, 7) is 11.2. The number of furan rings is 1. The first-order chi connectivity index (χ1) is 21.0. The third-order valence-corrected chi connectivity index (χ3v) is 8.72. The molecule has 0 bridgehead atoms. The number of benzene rings is 2. The number of piperidine rings is 1. The lowest BCUT2D eigenvalue weighted by molar-refractivity contribution is 0.00527. The summed E-state index contributed by atoms with van der Waals surface area (Å²) in [6, 6.07) is 16.3. The van der Waals surface area contributed by atoms with Crippen LogP contribution in [0.25, 0.3) is 11.0 Å². The number of hydrogen-bond donors (Lipinski definition) is 0. The van der Waals surface area contributed by atoms with Crippen LogP contribution in [0.2, 0.25) is 0 Å². The summed E-state index contributed by atoms with van der Waals surface area (Å²) < 4.78 is 18.5. The van der Waals surface area contributed by atoms with Crippen LogP contribution in [0, 0.1) is 0 Å². The fourth-order valence-corrected chi connectivity index (χ4v) is 6.16. The number of fused-ring (bicyclic) bond motifs is 1. The largest absolute Gasteiger partial charge is 0.490 e. The van der Waals surface area contributed by atoms with Gasteiger partial charge in [-0.15, -0.1) is 0 Å². The molecule has 0 spiro atoms. The van der Waals surface area contributed by atoms with E-state index < -0.39 is 0 Å². The van der Waals surface area contributed by atoms with Crippen LogP contribution < -0.4 is 9.64 Å². The quantitative estimate of drug-likeness (QED) is 0.228. The van der Waals surface area contributed by atoms with Crippen molar-refractivity contribution in [3.05, 3.63) is 59.9 Å². The maximum atomic E-state index is 13.6. The summed E-state index contributed by atoms with van der Waals surface area (Å²) in [4.78, 5) is 22.7. The topological polar surface area (TPSA) is 61.6 Å². The summed E-state index contributed by atoms with van der Waals surface area (Å²) >= 11 is 0. The van der Waals surface area contributed by atoms with Gasteiger partial charge < -0.3 is 28.6 Å². The van der Waals surface area contributed by atoms with Crippen molar-refractivity contribution < 1.29 is 18.7 Å².